The Morgan fingerprint density at radius 3 is 2.65 bits per heavy atom. The van der Waals surface area contributed by atoms with Gasteiger partial charge in [0.1, 0.15) is 11.4 Å². The third kappa shape index (κ3) is 5.34. The number of pyridine rings is 1. The summed E-state index contributed by atoms with van der Waals surface area (Å²) in [6.07, 6.45) is 6.83. The van der Waals surface area contributed by atoms with Gasteiger partial charge in [-0.1, -0.05) is 29.8 Å². The summed E-state index contributed by atoms with van der Waals surface area (Å²) in [5.74, 6) is 0.163. The Morgan fingerprint density at radius 1 is 1.10 bits per heavy atom. The van der Waals surface area contributed by atoms with Crippen LogP contribution in [0.1, 0.15) is 5.56 Å². The Labute approximate surface area is 184 Å². The van der Waals surface area contributed by atoms with Crippen LogP contribution in [0, 0.1) is 0 Å². The molecule has 0 aliphatic heterocycles. The third-order valence-electron chi connectivity index (χ3n) is 4.27. The van der Waals surface area contributed by atoms with Crippen molar-refractivity contribution in [3.05, 3.63) is 95.9 Å². The fourth-order valence-corrected chi connectivity index (χ4v) is 2.93. The maximum Gasteiger partial charge on any atom is 0.277 e. The van der Waals surface area contributed by atoms with E-state index in [1.54, 1.807) is 47.6 Å². The number of carbonyl (C=O) groups is 1. The highest BCUT2D eigenvalue weighted by Crippen LogP contribution is 2.21. The van der Waals surface area contributed by atoms with Crippen molar-refractivity contribution >= 4 is 23.7 Å². The van der Waals surface area contributed by atoms with Crippen molar-refractivity contribution in [3.8, 4) is 22.7 Å². The predicted octanol–water partition coefficient (Wildman–Crippen LogP) is 4.12. The van der Waals surface area contributed by atoms with E-state index in [0.717, 1.165) is 16.8 Å². The Hall–Kier alpha value is -3.97. The Balaban J connectivity index is 1.47. The summed E-state index contributed by atoms with van der Waals surface area (Å²) in [6, 6.07) is 20.3. The summed E-state index contributed by atoms with van der Waals surface area (Å²) < 4.78 is 7.17. The quantitative estimate of drug-likeness (QED) is 0.352. The summed E-state index contributed by atoms with van der Waals surface area (Å²) in [7, 11) is 0. The lowest BCUT2D eigenvalue weighted by Gasteiger charge is -2.04. The van der Waals surface area contributed by atoms with Gasteiger partial charge in [0, 0.05) is 34.7 Å². The number of hydrogen-bond donors (Lipinski definition) is 1. The molecular formula is C23H18ClN5O2. The fourth-order valence-electron chi connectivity index (χ4n) is 2.81. The molecule has 0 aliphatic carbocycles. The second kappa shape index (κ2) is 9.69. The van der Waals surface area contributed by atoms with Gasteiger partial charge in [-0.2, -0.15) is 10.2 Å². The molecule has 0 radical (unpaired) electrons. The Morgan fingerprint density at radius 2 is 1.90 bits per heavy atom. The van der Waals surface area contributed by atoms with E-state index in [0.29, 0.717) is 16.5 Å². The molecule has 154 valence electrons. The van der Waals surface area contributed by atoms with Gasteiger partial charge in [-0.05, 0) is 48.5 Å². The number of hydrogen-bond acceptors (Lipinski definition) is 5. The number of ether oxygens (including phenoxy) is 1. The number of para-hydroxylation sites is 1. The molecular weight excluding hydrogens is 414 g/mol. The standard InChI is InChI=1S/C23H18ClN5O2/c24-19-8-10-21(11-9-19)31-16-22(30)27-26-14-18-15-29(20-6-2-1-3-7-20)28-23(18)17-5-4-12-25-13-17/h1-15H,16H2,(H,27,30)/b26-14+. The molecule has 2 aromatic heterocycles. The van der Waals surface area contributed by atoms with Crippen LogP contribution in [0.25, 0.3) is 16.9 Å². The van der Waals surface area contributed by atoms with Crippen LogP contribution in [0.2, 0.25) is 5.02 Å². The predicted molar refractivity (Wildman–Crippen MR) is 119 cm³/mol. The van der Waals surface area contributed by atoms with Gasteiger partial charge < -0.3 is 4.74 Å². The molecule has 2 heterocycles. The second-order valence-corrected chi connectivity index (χ2v) is 6.93. The number of carbonyl (C=O) groups excluding carboxylic acids is 1. The number of aromatic nitrogens is 3. The molecule has 0 unspecified atom stereocenters. The zero-order valence-electron chi connectivity index (χ0n) is 16.4. The average Bonchev–Trinajstić information content (AvgIpc) is 3.24. The van der Waals surface area contributed by atoms with Crippen molar-refractivity contribution in [1.82, 2.24) is 20.2 Å². The van der Waals surface area contributed by atoms with Gasteiger partial charge in [0.25, 0.3) is 5.91 Å². The number of amides is 1. The largest absolute Gasteiger partial charge is 0.484 e. The SMILES string of the molecule is O=C(COc1ccc(Cl)cc1)N/N=C/c1cn(-c2ccccc2)nc1-c1cccnc1. The molecule has 2 aromatic carbocycles. The second-order valence-electron chi connectivity index (χ2n) is 6.49. The van der Waals surface area contributed by atoms with E-state index in [4.69, 9.17) is 16.3 Å². The van der Waals surface area contributed by atoms with E-state index in [-0.39, 0.29) is 12.5 Å². The van der Waals surface area contributed by atoms with Crippen LogP contribution in [-0.4, -0.2) is 33.5 Å². The van der Waals surface area contributed by atoms with Gasteiger partial charge in [0.15, 0.2) is 6.61 Å². The van der Waals surface area contributed by atoms with Crippen molar-refractivity contribution < 1.29 is 9.53 Å². The molecule has 0 spiro atoms. The molecule has 0 aliphatic rings. The zero-order chi connectivity index (χ0) is 21.5. The summed E-state index contributed by atoms with van der Waals surface area (Å²) in [4.78, 5) is 16.2. The molecule has 0 saturated heterocycles. The minimum Gasteiger partial charge on any atom is -0.484 e. The molecule has 0 bridgehead atoms. The number of nitrogens with zero attached hydrogens (tertiary/aromatic N) is 4. The van der Waals surface area contributed by atoms with Crippen LogP contribution in [0.4, 0.5) is 0 Å². The van der Waals surface area contributed by atoms with E-state index in [1.807, 2.05) is 48.7 Å². The van der Waals surface area contributed by atoms with Gasteiger partial charge >= 0.3 is 0 Å². The van der Waals surface area contributed by atoms with Crippen molar-refractivity contribution in [2.75, 3.05) is 6.61 Å². The monoisotopic (exact) mass is 431 g/mol. The van der Waals surface area contributed by atoms with Crippen molar-refractivity contribution in [2.24, 2.45) is 5.10 Å². The van der Waals surface area contributed by atoms with E-state index < -0.39 is 0 Å². The minimum absolute atomic E-state index is 0.169. The lowest BCUT2D eigenvalue weighted by molar-refractivity contribution is -0.123. The first-order chi connectivity index (χ1) is 15.2. The van der Waals surface area contributed by atoms with E-state index in [9.17, 15) is 4.79 Å². The topological polar surface area (TPSA) is 81.4 Å². The first-order valence-corrected chi connectivity index (χ1v) is 9.82. The summed E-state index contributed by atoms with van der Waals surface area (Å²) in [5.41, 5.74) is 5.65. The molecule has 8 heteroatoms. The molecule has 0 fully saturated rings. The average molecular weight is 432 g/mol. The van der Waals surface area contributed by atoms with Gasteiger partial charge in [0.05, 0.1) is 11.9 Å². The molecule has 1 amide bonds. The van der Waals surface area contributed by atoms with Gasteiger partial charge in [-0.15, -0.1) is 0 Å². The lowest BCUT2D eigenvalue weighted by atomic mass is 10.1. The first kappa shape index (κ1) is 20.3. The van der Waals surface area contributed by atoms with Gasteiger partial charge in [-0.3, -0.25) is 9.78 Å². The highest BCUT2D eigenvalue weighted by molar-refractivity contribution is 6.30. The molecule has 4 rings (SSSR count). The van der Waals surface area contributed by atoms with Crippen molar-refractivity contribution in [2.45, 2.75) is 0 Å². The van der Waals surface area contributed by atoms with Crippen LogP contribution in [0.15, 0.2) is 90.4 Å². The molecule has 0 saturated carbocycles. The number of halogens is 1. The summed E-state index contributed by atoms with van der Waals surface area (Å²) in [6.45, 7) is -0.169. The van der Waals surface area contributed by atoms with Gasteiger partial charge in [-0.25, -0.2) is 10.1 Å². The van der Waals surface area contributed by atoms with E-state index >= 15 is 0 Å². The first-order valence-electron chi connectivity index (χ1n) is 9.45. The van der Waals surface area contributed by atoms with Crippen LogP contribution in [0.5, 0.6) is 5.75 Å². The Kier molecular flexibility index (Phi) is 6.35. The summed E-state index contributed by atoms with van der Waals surface area (Å²) >= 11 is 5.83. The minimum atomic E-state index is -0.385. The van der Waals surface area contributed by atoms with Gasteiger partial charge in [0.2, 0.25) is 0 Å². The van der Waals surface area contributed by atoms with Crippen LogP contribution >= 0.6 is 11.6 Å². The van der Waals surface area contributed by atoms with Crippen LogP contribution < -0.4 is 10.2 Å². The third-order valence-corrected chi connectivity index (χ3v) is 4.53. The van der Waals surface area contributed by atoms with Crippen molar-refractivity contribution in [3.63, 3.8) is 0 Å². The molecule has 7 nitrogen and oxygen atoms in total. The normalized spacial score (nSPS) is 10.9. The number of rotatable bonds is 7. The lowest BCUT2D eigenvalue weighted by Crippen LogP contribution is -2.24. The molecule has 4 aromatic rings. The highest BCUT2D eigenvalue weighted by Gasteiger charge is 2.11. The van der Waals surface area contributed by atoms with Crippen LogP contribution in [-0.2, 0) is 4.79 Å². The maximum atomic E-state index is 12.0. The van der Waals surface area contributed by atoms with E-state index in [2.05, 4.69) is 20.6 Å². The van der Waals surface area contributed by atoms with Crippen molar-refractivity contribution in [1.29, 1.82) is 0 Å². The smallest absolute Gasteiger partial charge is 0.277 e. The fraction of sp³-hybridized carbons (Fsp3) is 0.0435. The maximum absolute atomic E-state index is 12.0. The molecule has 0 atom stereocenters. The summed E-state index contributed by atoms with van der Waals surface area (Å²) in [5, 5.41) is 9.33. The highest BCUT2D eigenvalue weighted by atomic mass is 35.5. The zero-order valence-corrected chi connectivity index (χ0v) is 17.1. The molecule has 31 heavy (non-hydrogen) atoms. The molecule has 1 N–H and O–H groups in total. The van der Waals surface area contributed by atoms with E-state index in [1.165, 1.54) is 0 Å². The number of hydrazone groups is 1. The number of benzene rings is 2. The number of nitrogens with one attached hydrogen (secondary N) is 1. The Bertz CT molecular complexity index is 1180. The van der Waals surface area contributed by atoms with Crippen LogP contribution in [0.3, 0.4) is 0 Å².